The molecule has 1 aromatic carbocycles. The fraction of sp³-hybridized carbons (Fsp3) is 0.438. The largest absolute Gasteiger partial charge is 0.490 e. The first kappa shape index (κ1) is 13.6. The minimum absolute atomic E-state index is 0.716. The molecule has 2 heterocycles. The maximum absolute atomic E-state index is 5.87. The van der Waals surface area contributed by atoms with Gasteiger partial charge in [-0.3, -0.25) is 4.68 Å². The van der Waals surface area contributed by atoms with Gasteiger partial charge in [-0.1, -0.05) is 30.3 Å². The molecule has 0 radical (unpaired) electrons. The highest BCUT2D eigenvalue weighted by atomic mass is 32.2. The van der Waals surface area contributed by atoms with E-state index in [0.717, 1.165) is 18.9 Å². The number of hydrogen-bond donors (Lipinski definition) is 0. The van der Waals surface area contributed by atoms with Crippen LogP contribution in [0.3, 0.4) is 0 Å². The Balaban J connectivity index is 1.51. The normalized spacial score (nSPS) is 16.2. The molecular weight excluding hydrogens is 268 g/mol. The molecule has 0 bridgehead atoms. The lowest BCUT2D eigenvalue weighted by atomic mass is 10.0. The Bertz CT molecular complexity index is 520. The second kappa shape index (κ2) is 6.84. The van der Waals surface area contributed by atoms with Gasteiger partial charge in [-0.05, 0) is 35.8 Å². The Morgan fingerprint density at radius 2 is 2.00 bits per heavy atom. The lowest BCUT2D eigenvalue weighted by Crippen LogP contribution is -2.17. The van der Waals surface area contributed by atoms with E-state index >= 15 is 0 Å². The van der Waals surface area contributed by atoms with Crippen molar-refractivity contribution in [3.63, 3.8) is 0 Å². The van der Waals surface area contributed by atoms with E-state index < -0.39 is 0 Å². The molecule has 4 heteroatoms. The third-order valence-electron chi connectivity index (χ3n) is 3.62. The Morgan fingerprint density at radius 3 is 2.80 bits per heavy atom. The van der Waals surface area contributed by atoms with E-state index in [4.69, 9.17) is 4.74 Å². The number of nitrogens with zero attached hydrogens (tertiary/aromatic N) is 2. The molecule has 3 rings (SSSR count). The highest BCUT2D eigenvalue weighted by Crippen LogP contribution is 2.23. The smallest absolute Gasteiger partial charge is 0.157 e. The van der Waals surface area contributed by atoms with Crippen LogP contribution in [0.5, 0.6) is 5.75 Å². The second-order valence-electron chi connectivity index (χ2n) is 5.23. The second-order valence-corrected chi connectivity index (χ2v) is 6.45. The molecule has 0 unspecified atom stereocenters. The number of hydrogen-bond acceptors (Lipinski definition) is 3. The number of thioether (sulfide) groups is 1. The van der Waals surface area contributed by atoms with E-state index in [2.05, 4.69) is 41.1 Å². The maximum Gasteiger partial charge on any atom is 0.157 e. The Hall–Kier alpha value is -1.42. The molecule has 2 aromatic rings. The summed E-state index contributed by atoms with van der Waals surface area (Å²) in [5.41, 5.74) is 1.26. The van der Waals surface area contributed by atoms with E-state index in [-0.39, 0.29) is 0 Å². The van der Waals surface area contributed by atoms with Crippen molar-refractivity contribution in [3.05, 3.63) is 48.3 Å². The lowest BCUT2D eigenvalue weighted by Gasteiger charge is -2.20. The van der Waals surface area contributed by atoms with Gasteiger partial charge in [-0.15, -0.1) is 0 Å². The average molecular weight is 288 g/mol. The van der Waals surface area contributed by atoms with Gasteiger partial charge in [0.05, 0.1) is 25.5 Å². The number of ether oxygens (including phenoxy) is 1. The molecule has 0 aliphatic carbocycles. The molecule has 20 heavy (non-hydrogen) atoms. The molecule has 0 amide bonds. The van der Waals surface area contributed by atoms with Crippen molar-refractivity contribution in [2.45, 2.75) is 19.4 Å². The average Bonchev–Trinajstić information content (AvgIpc) is 2.95. The van der Waals surface area contributed by atoms with Crippen LogP contribution in [-0.4, -0.2) is 27.9 Å². The van der Waals surface area contributed by atoms with Crippen molar-refractivity contribution < 1.29 is 4.74 Å². The standard InChI is InChI=1S/C16H20N2OS/c1-2-4-14(5-3-1)11-18-12-16(10-17-18)19-13-15-6-8-20-9-7-15/h1-5,10,12,15H,6-9,11,13H2. The third-order valence-corrected chi connectivity index (χ3v) is 4.67. The third kappa shape index (κ3) is 3.79. The van der Waals surface area contributed by atoms with Crippen molar-refractivity contribution in [1.82, 2.24) is 9.78 Å². The Morgan fingerprint density at radius 1 is 1.20 bits per heavy atom. The predicted molar refractivity (Wildman–Crippen MR) is 83.3 cm³/mol. The summed E-state index contributed by atoms with van der Waals surface area (Å²) < 4.78 is 7.80. The molecule has 0 spiro atoms. The minimum atomic E-state index is 0.716. The summed E-state index contributed by atoms with van der Waals surface area (Å²) in [4.78, 5) is 0. The summed E-state index contributed by atoms with van der Waals surface area (Å²) in [6.07, 6.45) is 6.37. The quantitative estimate of drug-likeness (QED) is 0.843. The summed E-state index contributed by atoms with van der Waals surface area (Å²) in [6, 6.07) is 10.4. The zero-order chi connectivity index (χ0) is 13.6. The van der Waals surface area contributed by atoms with Gasteiger partial charge >= 0.3 is 0 Å². The maximum atomic E-state index is 5.87. The number of rotatable bonds is 5. The van der Waals surface area contributed by atoms with Crippen LogP contribution in [-0.2, 0) is 6.54 Å². The molecule has 1 aromatic heterocycles. The SMILES string of the molecule is c1ccc(Cn2cc(OCC3CCSCC3)cn2)cc1. The predicted octanol–water partition coefficient (Wildman–Crippen LogP) is 3.45. The summed E-state index contributed by atoms with van der Waals surface area (Å²) in [5.74, 6) is 4.16. The van der Waals surface area contributed by atoms with E-state index in [9.17, 15) is 0 Å². The van der Waals surface area contributed by atoms with Crippen molar-refractivity contribution >= 4 is 11.8 Å². The van der Waals surface area contributed by atoms with Crippen molar-refractivity contribution in [2.75, 3.05) is 18.1 Å². The Labute approximate surface area is 124 Å². The van der Waals surface area contributed by atoms with Crippen molar-refractivity contribution in [2.24, 2.45) is 5.92 Å². The Kier molecular flexibility index (Phi) is 4.64. The van der Waals surface area contributed by atoms with Crippen LogP contribution in [0.4, 0.5) is 0 Å². The van der Waals surface area contributed by atoms with Gasteiger partial charge in [0.1, 0.15) is 0 Å². The zero-order valence-electron chi connectivity index (χ0n) is 11.6. The molecule has 1 aliphatic heterocycles. The van der Waals surface area contributed by atoms with Crippen molar-refractivity contribution in [3.8, 4) is 5.75 Å². The molecule has 0 N–H and O–H groups in total. The van der Waals surface area contributed by atoms with Gasteiger partial charge in [-0.25, -0.2) is 0 Å². The van der Waals surface area contributed by atoms with Crippen LogP contribution in [0.25, 0.3) is 0 Å². The molecule has 1 aliphatic rings. The van der Waals surface area contributed by atoms with Crippen LogP contribution >= 0.6 is 11.8 Å². The molecule has 0 saturated carbocycles. The highest BCUT2D eigenvalue weighted by Gasteiger charge is 2.14. The molecule has 1 saturated heterocycles. The first-order chi connectivity index (χ1) is 9.90. The first-order valence-corrected chi connectivity index (χ1v) is 8.32. The zero-order valence-corrected chi connectivity index (χ0v) is 12.4. The van der Waals surface area contributed by atoms with Gasteiger partial charge in [0, 0.05) is 0 Å². The lowest BCUT2D eigenvalue weighted by molar-refractivity contribution is 0.240. The van der Waals surface area contributed by atoms with Gasteiger partial charge in [0.2, 0.25) is 0 Å². The van der Waals surface area contributed by atoms with E-state index in [1.807, 2.05) is 23.1 Å². The monoisotopic (exact) mass is 288 g/mol. The van der Waals surface area contributed by atoms with Crippen LogP contribution in [0.1, 0.15) is 18.4 Å². The first-order valence-electron chi connectivity index (χ1n) is 7.17. The van der Waals surface area contributed by atoms with Gasteiger partial charge < -0.3 is 4.74 Å². The van der Waals surface area contributed by atoms with Crippen LogP contribution in [0.2, 0.25) is 0 Å². The summed E-state index contributed by atoms with van der Waals surface area (Å²) in [7, 11) is 0. The van der Waals surface area contributed by atoms with Crippen molar-refractivity contribution in [1.29, 1.82) is 0 Å². The summed E-state index contributed by atoms with van der Waals surface area (Å²) in [5, 5.41) is 4.36. The van der Waals surface area contributed by atoms with Crippen LogP contribution < -0.4 is 4.74 Å². The molecule has 106 valence electrons. The number of benzene rings is 1. The summed E-state index contributed by atoms with van der Waals surface area (Å²) in [6.45, 7) is 1.63. The topological polar surface area (TPSA) is 27.1 Å². The molecule has 0 atom stereocenters. The van der Waals surface area contributed by atoms with E-state index in [1.54, 1.807) is 0 Å². The summed E-state index contributed by atoms with van der Waals surface area (Å²) >= 11 is 2.05. The fourth-order valence-corrected chi connectivity index (χ4v) is 3.61. The van der Waals surface area contributed by atoms with E-state index in [1.165, 1.54) is 29.9 Å². The van der Waals surface area contributed by atoms with Crippen LogP contribution in [0.15, 0.2) is 42.7 Å². The molecular formula is C16H20N2OS. The van der Waals surface area contributed by atoms with Gasteiger partial charge in [-0.2, -0.15) is 16.9 Å². The number of aromatic nitrogens is 2. The van der Waals surface area contributed by atoms with Gasteiger partial charge in [0.15, 0.2) is 5.75 Å². The highest BCUT2D eigenvalue weighted by molar-refractivity contribution is 7.99. The van der Waals surface area contributed by atoms with Gasteiger partial charge in [0.25, 0.3) is 0 Å². The minimum Gasteiger partial charge on any atom is -0.490 e. The fourth-order valence-electron chi connectivity index (χ4n) is 2.40. The van der Waals surface area contributed by atoms with Crippen LogP contribution in [0, 0.1) is 5.92 Å². The van der Waals surface area contributed by atoms with E-state index in [0.29, 0.717) is 5.92 Å². The molecule has 1 fully saturated rings. The molecule has 3 nitrogen and oxygen atoms in total.